The molecule has 4 aromatic rings. The third-order valence-electron chi connectivity index (χ3n) is 5.80. The lowest BCUT2D eigenvalue weighted by molar-refractivity contribution is 0.443. The molecule has 0 spiro atoms. The van der Waals surface area contributed by atoms with Crippen LogP contribution in [0.5, 0.6) is 0 Å². The Hall–Kier alpha value is -3.12. The molecule has 2 aromatic carbocycles. The predicted molar refractivity (Wildman–Crippen MR) is 107 cm³/mol. The van der Waals surface area contributed by atoms with Crippen LogP contribution in [0.4, 0.5) is 0 Å². The molecule has 2 heterocycles. The molecule has 3 nitrogen and oxygen atoms in total. The minimum Gasteiger partial charge on any atom is -0.454 e. The second-order valence-corrected chi connectivity index (χ2v) is 7.35. The van der Waals surface area contributed by atoms with Crippen molar-refractivity contribution in [1.29, 1.82) is 5.26 Å². The van der Waals surface area contributed by atoms with E-state index in [1.165, 1.54) is 32.1 Å². The van der Waals surface area contributed by atoms with Crippen LogP contribution in [0, 0.1) is 11.3 Å². The van der Waals surface area contributed by atoms with Crippen molar-refractivity contribution in [2.24, 2.45) is 0 Å². The van der Waals surface area contributed by atoms with Gasteiger partial charge in [-0.15, -0.1) is 0 Å². The first-order valence-corrected chi connectivity index (χ1v) is 9.66. The van der Waals surface area contributed by atoms with Crippen molar-refractivity contribution in [3.05, 3.63) is 65.9 Å². The highest BCUT2D eigenvalue weighted by Gasteiger charge is 2.23. The summed E-state index contributed by atoms with van der Waals surface area (Å²) in [5, 5.41) is 12.0. The van der Waals surface area contributed by atoms with Crippen molar-refractivity contribution in [3.63, 3.8) is 0 Å². The zero-order valence-electron chi connectivity index (χ0n) is 15.1. The highest BCUT2D eigenvalue weighted by Crippen LogP contribution is 2.41. The first kappa shape index (κ1) is 16.1. The molecule has 1 aliphatic rings. The minimum atomic E-state index is 0.473. The van der Waals surface area contributed by atoms with Crippen LogP contribution in [-0.4, -0.2) is 4.98 Å². The van der Waals surface area contributed by atoms with Crippen LogP contribution in [0.2, 0.25) is 0 Å². The van der Waals surface area contributed by atoms with Crippen molar-refractivity contribution in [1.82, 2.24) is 4.98 Å². The highest BCUT2D eigenvalue weighted by atomic mass is 16.3. The Labute approximate surface area is 158 Å². The van der Waals surface area contributed by atoms with Crippen LogP contribution >= 0.6 is 0 Å². The Morgan fingerprint density at radius 1 is 0.889 bits per heavy atom. The number of nitrogens with zero attached hydrogens (tertiary/aromatic N) is 2. The molecule has 0 saturated heterocycles. The molecule has 0 atom stereocenters. The van der Waals surface area contributed by atoms with E-state index < -0.39 is 0 Å². The Bertz CT molecular complexity index is 1160. The molecule has 0 bridgehead atoms. The third-order valence-corrected chi connectivity index (χ3v) is 5.80. The summed E-state index contributed by atoms with van der Waals surface area (Å²) in [5.74, 6) is 0.473. The first-order valence-electron chi connectivity index (χ1n) is 9.66. The maximum atomic E-state index is 9.94. The number of fused-ring (bicyclic) bond motifs is 3. The van der Waals surface area contributed by atoms with Crippen LogP contribution < -0.4 is 0 Å². The highest BCUT2D eigenvalue weighted by molar-refractivity contribution is 6.10. The molecule has 0 aliphatic heterocycles. The predicted octanol–water partition coefficient (Wildman–Crippen LogP) is 6.57. The molecule has 0 radical (unpaired) electrons. The summed E-state index contributed by atoms with van der Waals surface area (Å²) in [7, 11) is 0. The fraction of sp³-hybridized carbons (Fsp3) is 0.250. The summed E-state index contributed by atoms with van der Waals surface area (Å²) in [5.41, 5.74) is 5.24. The van der Waals surface area contributed by atoms with Crippen molar-refractivity contribution < 1.29 is 4.42 Å². The monoisotopic (exact) mass is 352 g/mol. The molecule has 0 N–H and O–H groups in total. The first-order chi connectivity index (χ1) is 13.4. The lowest BCUT2D eigenvalue weighted by atomic mass is 9.82. The van der Waals surface area contributed by atoms with Gasteiger partial charge in [-0.1, -0.05) is 49.6 Å². The van der Waals surface area contributed by atoms with E-state index in [-0.39, 0.29) is 0 Å². The van der Waals surface area contributed by atoms with Gasteiger partial charge in [0.2, 0.25) is 0 Å². The Morgan fingerprint density at radius 2 is 1.74 bits per heavy atom. The maximum absolute atomic E-state index is 9.94. The van der Waals surface area contributed by atoms with Crippen LogP contribution in [0.15, 0.2) is 59.1 Å². The van der Waals surface area contributed by atoms with Crippen molar-refractivity contribution in [3.8, 4) is 17.3 Å². The van der Waals surface area contributed by atoms with Gasteiger partial charge in [-0.05, 0) is 42.5 Å². The molecule has 1 aliphatic carbocycles. The van der Waals surface area contributed by atoms with Gasteiger partial charge >= 0.3 is 0 Å². The number of hydrogen-bond donors (Lipinski definition) is 0. The fourth-order valence-electron chi connectivity index (χ4n) is 4.47. The summed E-state index contributed by atoms with van der Waals surface area (Å²) in [6, 6.07) is 18.7. The van der Waals surface area contributed by atoms with E-state index >= 15 is 0 Å². The number of rotatable bonds is 2. The van der Waals surface area contributed by atoms with Gasteiger partial charge in [-0.3, -0.25) is 4.98 Å². The second kappa shape index (κ2) is 6.55. The largest absolute Gasteiger partial charge is 0.454 e. The molecule has 2 aromatic heterocycles. The van der Waals surface area contributed by atoms with Gasteiger partial charge in [0.05, 0.1) is 11.3 Å². The van der Waals surface area contributed by atoms with Gasteiger partial charge in [0.15, 0.2) is 5.58 Å². The number of nitriles is 1. The van der Waals surface area contributed by atoms with Crippen LogP contribution in [0.3, 0.4) is 0 Å². The third kappa shape index (κ3) is 2.61. The smallest absolute Gasteiger partial charge is 0.153 e. The lowest BCUT2D eigenvalue weighted by Gasteiger charge is -2.22. The van der Waals surface area contributed by atoms with E-state index in [9.17, 15) is 5.26 Å². The summed E-state index contributed by atoms with van der Waals surface area (Å²) in [6.45, 7) is 0. The Morgan fingerprint density at radius 3 is 2.52 bits per heavy atom. The minimum absolute atomic E-state index is 0.473. The summed E-state index contributed by atoms with van der Waals surface area (Å²) < 4.78 is 6.33. The van der Waals surface area contributed by atoms with Crippen molar-refractivity contribution in [2.75, 3.05) is 0 Å². The van der Waals surface area contributed by atoms with E-state index in [0.29, 0.717) is 11.5 Å². The quantitative estimate of drug-likeness (QED) is 0.410. The molecule has 27 heavy (non-hydrogen) atoms. The van der Waals surface area contributed by atoms with Gasteiger partial charge < -0.3 is 4.42 Å². The van der Waals surface area contributed by atoms with E-state index in [4.69, 9.17) is 4.42 Å². The van der Waals surface area contributed by atoms with Crippen molar-refractivity contribution >= 4 is 21.9 Å². The summed E-state index contributed by atoms with van der Waals surface area (Å²) in [6.07, 6.45) is 7.92. The normalized spacial score (nSPS) is 15.2. The fourth-order valence-corrected chi connectivity index (χ4v) is 4.47. The molecular weight excluding hydrogens is 332 g/mol. The number of hydrogen-bond acceptors (Lipinski definition) is 3. The maximum Gasteiger partial charge on any atom is 0.153 e. The number of para-hydroxylation sites is 1. The van der Waals surface area contributed by atoms with E-state index in [2.05, 4.69) is 29.3 Å². The van der Waals surface area contributed by atoms with Crippen LogP contribution in [0.1, 0.15) is 49.1 Å². The van der Waals surface area contributed by atoms with Crippen LogP contribution in [0.25, 0.3) is 33.2 Å². The van der Waals surface area contributed by atoms with Gasteiger partial charge in [0.1, 0.15) is 11.7 Å². The number of furan rings is 1. The molecule has 5 rings (SSSR count). The SMILES string of the molecule is N#Cc1c(C2CCCCC2)ccc2c1oc1c(-c3ccccn3)cccc12. The van der Waals surface area contributed by atoms with Gasteiger partial charge in [0.25, 0.3) is 0 Å². The van der Waals surface area contributed by atoms with Crippen LogP contribution in [-0.2, 0) is 0 Å². The molecule has 1 saturated carbocycles. The Kier molecular flexibility index (Phi) is 3.90. The van der Waals surface area contributed by atoms with E-state index in [1.807, 2.05) is 30.3 Å². The van der Waals surface area contributed by atoms with E-state index in [1.54, 1.807) is 6.20 Å². The summed E-state index contributed by atoms with van der Waals surface area (Å²) in [4.78, 5) is 4.48. The average Bonchev–Trinajstić information content (AvgIpc) is 3.13. The molecular formula is C24H20N2O. The Balaban J connectivity index is 1.76. The molecule has 3 heteroatoms. The molecule has 0 unspecified atom stereocenters. The molecule has 132 valence electrons. The molecule has 1 fully saturated rings. The number of aromatic nitrogens is 1. The van der Waals surface area contributed by atoms with Gasteiger partial charge in [-0.25, -0.2) is 0 Å². The molecule has 0 amide bonds. The van der Waals surface area contributed by atoms with Gasteiger partial charge in [0, 0.05) is 22.5 Å². The van der Waals surface area contributed by atoms with Crippen molar-refractivity contribution in [2.45, 2.75) is 38.0 Å². The van der Waals surface area contributed by atoms with Gasteiger partial charge in [-0.2, -0.15) is 5.26 Å². The average molecular weight is 352 g/mol. The summed E-state index contributed by atoms with van der Waals surface area (Å²) >= 11 is 0. The van der Waals surface area contributed by atoms with E-state index in [0.717, 1.165) is 38.8 Å². The zero-order valence-corrected chi connectivity index (χ0v) is 15.1. The second-order valence-electron chi connectivity index (χ2n) is 7.35. The lowest BCUT2D eigenvalue weighted by Crippen LogP contribution is -2.06. The number of pyridine rings is 1. The number of benzene rings is 2. The standard InChI is InChI=1S/C24H20N2O/c25-15-21-17(16-7-2-1-3-8-16)12-13-19-18-9-6-10-20(23(18)27-24(19)21)22-11-4-5-14-26-22/h4-6,9-14,16H,1-3,7-8H2. The zero-order chi connectivity index (χ0) is 18.2. The topological polar surface area (TPSA) is 49.8 Å².